The summed E-state index contributed by atoms with van der Waals surface area (Å²) in [5.74, 6) is 1.02. The second-order valence-electron chi connectivity index (χ2n) is 3.09. The molecule has 1 unspecified atom stereocenters. The van der Waals surface area contributed by atoms with Gasteiger partial charge in [-0.05, 0) is 39.0 Å². The Bertz CT molecular complexity index is 184. The van der Waals surface area contributed by atoms with Gasteiger partial charge in [0.05, 0.1) is 0 Å². The van der Waals surface area contributed by atoms with E-state index >= 15 is 0 Å². The lowest BCUT2D eigenvalue weighted by molar-refractivity contribution is 0.197. The van der Waals surface area contributed by atoms with Crippen molar-refractivity contribution in [2.45, 2.75) is 25.8 Å². The molecule has 0 bridgehead atoms. The first-order valence-corrected chi connectivity index (χ1v) is 4.49. The van der Waals surface area contributed by atoms with Crippen LogP contribution in [0.4, 0.5) is 0 Å². The molecule has 0 radical (unpaired) electrons. The SMILES string of the molecule is CNC(C)COC1=CCCC=C1. The molecule has 0 aliphatic heterocycles. The molecule has 0 saturated heterocycles. The first kappa shape index (κ1) is 9.33. The van der Waals surface area contributed by atoms with Crippen molar-refractivity contribution in [1.29, 1.82) is 0 Å². The normalized spacial score (nSPS) is 18.7. The van der Waals surface area contributed by atoms with Crippen molar-refractivity contribution in [2.24, 2.45) is 0 Å². The molecule has 2 nitrogen and oxygen atoms in total. The summed E-state index contributed by atoms with van der Waals surface area (Å²) in [6.07, 6.45) is 8.60. The van der Waals surface area contributed by atoms with Gasteiger partial charge in [0.1, 0.15) is 12.4 Å². The van der Waals surface area contributed by atoms with E-state index in [2.05, 4.69) is 24.4 Å². The lowest BCUT2D eigenvalue weighted by atomic mass is 10.2. The van der Waals surface area contributed by atoms with Crippen LogP contribution in [0.25, 0.3) is 0 Å². The predicted molar refractivity (Wildman–Crippen MR) is 50.9 cm³/mol. The third-order valence-electron chi connectivity index (χ3n) is 1.95. The molecule has 0 heterocycles. The molecule has 12 heavy (non-hydrogen) atoms. The molecule has 0 aromatic rings. The standard InChI is InChI=1S/C10H17NO/c1-9(11-2)8-12-10-6-4-3-5-7-10/h4,6-7,9,11H,3,5,8H2,1-2H3. The van der Waals surface area contributed by atoms with Crippen LogP contribution in [0, 0.1) is 0 Å². The number of likely N-dealkylation sites (N-methyl/N-ethyl adjacent to an activating group) is 1. The minimum atomic E-state index is 0.418. The van der Waals surface area contributed by atoms with E-state index in [4.69, 9.17) is 4.74 Å². The van der Waals surface area contributed by atoms with Gasteiger partial charge in [0, 0.05) is 6.04 Å². The average Bonchev–Trinajstić information content (AvgIpc) is 2.16. The van der Waals surface area contributed by atoms with Gasteiger partial charge in [0.25, 0.3) is 0 Å². The fraction of sp³-hybridized carbons (Fsp3) is 0.600. The van der Waals surface area contributed by atoms with E-state index in [1.165, 1.54) is 0 Å². The van der Waals surface area contributed by atoms with Crippen molar-refractivity contribution in [3.63, 3.8) is 0 Å². The van der Waals surface area contributed by atoms with Crippen molar-refractivity contribution >= 4 is 0 Å². The third-order valence-corrected chi connectivity index (χ3v) is 1.95. The summed E-state index contributed by atoms with van der Waals surface area (Å²) in [7, 11) is 1.94. The molecule has 0 spiro atoms. The van der Waals surface area contributed by atoms with Crippen LogP contribution < -0.4 is 5.32 Å². The summed E-state index contributed by atoms with van der Waals surface area (Å²) in [6.45, 7) is 2.85. The van der Waals surface area contributed by atoms with Gasteiger partial charge in [-0.1, -0.05) is 6.08 Å². The largest absolute Gasteiger partial charge is 0.492 e. The zero-order chi connectivity index (χ0) is 8.81. The maximum Gasteiger partial charge on any atom is 0.115 e. The molecule has 0 aromatic carbocycles. The van der Waals surface area contributed by atoms with Crippen LogP contribution in [0.1, 0.15) is 19.8 Å². The molecule has 1 aliphatic rings. The Morgan fingerprint density at radius 2 is 2.42 bits per heavy atom. The lowest BCUT2D eigenvalue weighted by Crippen LogP contribution is -2.26. The quantitative estimate of drug-likeness (QED) is 0.690. The van der Waals surface area contributed by atoms with E-state index in [0.29, 0.717) is 6.04 Å². The van der Waals surface area contributed by atoms with E-state index in [1.54, 1.807) is 0 Å². The molecular formula is C10H17NO. The van der Waals surface area contributed by atoms with Crippen LogP contribution in [0.5, 0.6) is 0 Å². The molecule has 0 amide bonds. The summed E-state index contributed by atoms with van der Waals surface area (Å²) in [6, 6.07) is 0.418. The van der Waals surface area contributed by atoms with Crippen LogP contribution in [-0.2, 0) is 4.74 Å². The Labute approximate surface area is 74.3 Å². The molecule has 1 N–H and O–H groups in total. The Hall–Kier alpha value is -0.760. The molecule has 68 valence electrons. The van der Waals surface area contributed by atoms with Crippen LogP contribution in [0.2, 0.25) is 0 Å². The Balaban J connectivity index is 2.22. The Morgan fingerprint density at radius 3 is 3.00 bits per heavy atom. The van der Waals surface area contributed by atoms with Crippen molar-refractivity contribution in [2.75, 3.05) is 13.7 Å². The van der Waals surface area contributed by atoms with Crippen LogP contribution in [0.3, 0.4) is 0 Å². The van der Waals surface area contributed by atoms with Gasteiger partial charge in [-0.3, -0.25) is 0 Å². The summed E-state index contributed by atoms with van der Waals surface area (Å²) in [5, 5.41) is 3.13. The molecule has 1 atom stereocenters. The maximum absolute atomic E-state index is 5.55. The maximum atomic E-state index is 5.55. The number of allylic oxidation sites excluding steroid dienone is 3. The van der Waals surface area contributed by atoms with E-state index in [0.717, 1.165) is 25.2 Å². The Kier molecular flexibility index (Phi) is 3.88. The molecule has 0 fully saturated rings. The second-order valence-corrected chi connectivity index (χ2v) is 3.09. The van der Waals surface area contributed by atoms with Crippen LogP contribution >= 0.6 is 0 Å². The number of nitrogens with one attached hydrogen (secondary N) is 1. The van der Waals surface area contributed by atoms with Gasteiger partial charge in [0.2, 0.25) is 0 Å². The fourth-order valence-corrected chi connectivity index (χ4v) is 1.00. The second kappa shape index (κ2) is 4.99. The summed E-state index contributed by atoms with van der Waals surface area (Å²) >= 11 is 0. The number of hydrogen-bond donors (Lipinski definition) is 1. The molecule has 2 heteroatoms. The van der Waals surface area contributed by atoms with E-state index in [9.17, 15) is 0 Å². The van der Waals surface area contributed by atoms with E-state index in [1.807, 2.05) is 13.1 Å². The minimum absolute atomic E-state index is 0.418. The zero-order valence-electron chi connectivity index (χ0n) is 7.84. The van der Waals surface area contributed by atoms with Crippen LogP contribution in [0.15, 0.2) is 24.0 Å². The molecule has 1 rings (SSSR count). The van der Waals surface area contributed by atoms with Gasteiger partial charge in [0.15, 0.2) is 0 Å². The number of ether oxygens (including phenoxy) is 1. The Morgan fingerprint density at radius 1 is 1.58 bits per heavy atom. The average molecular weight is 167 g/mol. The van der Waals surface area contributed by atoms with Crippen LogP contribution in [-0.4, -0.2) is 19.7 Å². The fourth-order valence-electron chi connectivity index (χ4n) is 1.00. The van der Waals surface area contributed by atoms with E-state index < -0.39 is 0 Å². The summed E-state index contributed by atoms with van der Waals surface area (Å²) < 4.78 is 5.55. The van der Waals surface area contributed by atoms with Crippen molar-refractivity contribution in [3.05, 3.63) is 24.0 Å². The minimum Gasteiger partial charge on any atom is -0.492 e. The zero-order valence-corrected chi connectivity index (χ0v) is 7.84. The van der Waals surface area contributed by atoms with Gasteiger partial charge in [-0.2, -0.15) is 0 Å². The topological polar surface area (TPSA) is 21.3 Å². The smallest absolute Gasteiger partial charge is 0.115 e. The summed E-state index contributed by atoms with van der Waals surface area (Å²) in [4.78, 5) is 0. The predicted octanol–water partition coefficient (Wildman–Crippen LogP) is 1.84. The van der Waals surface area contributed by atoms with Crippen molar-refractivity contribution in [3.8, 4) is 0 Å². The highest BCUT2D eigenvalue weighted by Gasteiger charge is 2.01. The number of hydrogen-bond acceptors (Lipinski definition) is 2. The highest BCUT2D eigenvalue weighted by molar-refractivity contribution is 5.15. The lowest BCUT2D eigenvalue weighted by Gasteiger charge is -2.13. The molecule has 1 aliphatic carbocycles. The van der Waals surface area contributed by atoms with Gasteiger partial charge < -0.3 is 10.1 Å². The van der Waals surface area contributed by atoms with E-state index in [-0.39, 0.29) is 0 Å². The van der Waals surface area contributed by atoms with Gasteiger partial charge in [-0.25, -0.2) is 0 Å². The monoisotopic (exact) mass is 167 g/mol. The van der Waals surface area contributed by atoms with Gasteiger partial charge in [-0.15, -0.1) is 0 Å². The number of rotatable bonds is 4. The molecule has 0 aromatic heterocycles. The van der Waals surface area contributed by atoms with Crippen molar-refractivity contribution in [1.82, 2.24) is 5.32 Å². The third kappa shape index (κ3) is 3.09. The highest BCUT2D eigenvalue weighted by atomic mass is 16.5. The summed E-state index contributed by atoms with van der Waals surface area (Å²) in [5.41, 5.74) is 0. The van der Waals surface area contributed by atoms with Gasteiger partial charge >= 0.3 is 0 Å². The first-order valence-electron chi connectivity index (χ1n) is 4.49. The first-order chi connectivity index (χ1) is 5.83. The molecular weight excluding hydrogens is 150 g/mol. The highest BCUT2D eigenvalue weighted by Crippen LogP contribution is 2.10. The van der Waals surface area contributed by atoms with Crippen molar-refractivity contribution < 1.29 is 4.74 Å². The molecule has 0 saturated carbocycles.